The molecule has 212 valence electrons. The Morgan fingerprint density at radius 3 is 2.54 bits per heavy atom. The second-order valence-electron chi connectivity index (χ2n) is 10.9. The van der Waals surface area contributed by atoms with Crippen molar-refractivity contribution in [3.8, 4) is 5.75 Å². The molecule has 0 saturated heterocycles. The monoisotopic (exact) mass is 550 g/mol. The molecule has 7 nitrogen and oxygen atoms in total. The normalized spacial score (nSPS) is 14.9. The Balaban J connectivity index is 1.49. The lowest BCUT2D eigenvalue weighted by Gasteiger charge is -2.30. The molecule has 7 heteroatoms. The summed E-state index contributed by atoms with van der Waals surface area (Å²) in [7, 11) is 0. The number of hydrogen-bond donors (Lipinski definition) is 0. The zero-order valence-corrected chi connectivity index (χ0v) is 24.1. The van der Waals surface area contributed by atoms with E-state index in [9.17, 15) is 9.59 Å². The van der Waals surface area contributed by atoms with Crippen LogP contribution in [0.4, 0.5) is 5.69 Å². The van der Waals surface area contributed by atoms with Gasteiger partial charge in [-0.05, 0) is 74.7 Å². The Hall–Kier alpha value is -4.23. The molecule has 0 radical (unpaired) electrons. The van der Waals surface area contributed by atoms with E-state index < -0.39 is 0 Å². The molecular formula is C34H38N4O3. The standard InChI is InChI=1S/C34H38N4O3/c1-25(2)36-18-9-19-38(32(39)24-41-30-13-5-4-6-14-30)33-26(3)10-7-11-29(33)23-37(21-20-36)34(40)28-15-16-31-27(22-28)12-8-17-35-31/h4-8,10-17,22,25H,9,18-21,23-24H2,1-3H3. The topological polar surface area (TPSA) is 66.0 Å². The lowest BCUT2D eigenvalue weighted by molar-refractivity contribution is -0.120. The van der Waals surface area contributed by atoms with Gasteiger partial charge in [0, 0.05) is 55.9 Å². The van der Waals surface area contributed by atoms with Gasteiger partial charge < -0.3 is 14.5 Å². The third-order valence-corrected chi connectivity index (χ3v) is 7.71. The zero-order chi connectivity index (χ0) is 28.8. The van der Waals surface area contributed by atoms with Gasteiger partial charge in [0.15, 0.2) is 6.61 Å². The molecule has 0 atom stereocenters. The first kappa shape index (κ1) is 28.3. The number of carbonyl (C=O) groups excluding carboxylic acids is 2. The van der Waals surface area contributed by atoms with E-state index in [2.05, 4.69) is 23.7 Å². The number of amides is 2. The molecule has 4 aromatic rings. The van der Waals surface area contributed by atoms with Crippen molar-refractivity contribution in [1.29, 1.82) is 0 Å². The molecule has 0 N–H and O–H groups in total. The van der Waals surface area contributed by atoms with Crippen LogP contribution in [0, 0.1) is 6.92 Å². The number of aryl methyl sites for hydroxylation is 1. The maximum atomic E-state index is 14.0. The fourth-order valence-corrected chi connectivity index (χ4v) is 5.49. The molecule has 1 aliphatic heterocycles. The van der Waals surface area contributed by atoms with E-state index in [1.165, 1.54) is 0 Å². The quantitative estimate of drug-likeness (QED) is 0.318. The van der Waals surface area contributed by atoms with Crippen LogP contribution < -0.4 is 9.64 Å². The number of nitrogens with zero attached hydrogens (tertiary/aromatic N) is 4. The summed E-state index contributed by atoms with van der Waals surface area (Å²) in [6.45, 7) is 9.46. The summed E-state index contributed by atoms with van der Waals surface area (Å²) >= 11 is 0. The number of para-hydroxylation sites is 2. The number of ether oxygens (including phenoxy) is 1. The van der Waals surface area contributed by atoms with Crippen molar-refractivity contribution in [3.63, 3.8) is 0 Å². The predicted octanol–water partition coefficient (Wildman–Crippen LogP) is 5.71. The highest BCUT2D eigenvalue weighted by molar-refractivity contribution is 5.98. The van der Waals surface area contributed by atoms with E-state index in [1.54, 1.807) is 6.20 Å². The summed E-state index contributed by atoms with van der Waals surface area (Å²) in [5, 5.41) is 0.937. The third kappa shape index (κ3) is 6.74. The van der Waals surface area contributed by atoms with Crippen molar-refractivity contribution in [3.05, 3.63) is 102 Å². The lowest BCUT2D eigenvalue weighted by atomic mass is 10.0. The number of rotatable bonds is 5. The van der Waals surface area contributed by atoms with Crippen LogP contribution in [0.15, 0.2) is 85.1 Å². The maximum absolute atomic E-state index is 14.0. The van der Waals surface area contributed by atoms with Gasteiger partial charge >= 0.3 is 0 Å². The Kier molecular flexibility index (Phi) is 8.95. The van der Waals surface area contributed by atoms with Gasteiger partial charge in [-0.15, -0.1) is 0 Å². The predicted molar refractivity (Wildman–Crippen MR) is 163 cm³/mol. The average Bonchev–Trinajstić information content (AvgIpc) is 3.03. The molecule has 1 aromatic heterocycles. The van der Waals surface area contributed by atoms with Gasteiger partial charge in [0.25, 0.3) is 11.8 Å². The highest BCUT2D eigenvalue weighted by atomic mass is 16.5. The van der Waals surface area contributed by atoms with Gasteiger partial charge in [-0.1, -0.05) is 42.5 Å². The summed E-state index contributed by atoms with van der Waals surface area (Å²) in [6.07, 6.45) is 2.57. The van der Waals surface area contributed by atoms with Gasteiger partial charge in [-0.25, -0.2) is 0 Å². The molecule has 41 heavy (non-hydrogen) atoms. The Morgan fingerprint density at radius 2 is 1.73 bits per heavy atom. The van der Waals surface area contributed by atoms with E-state index in [1.807, 2.05) is 95.6 Å². The molecule has 0 fully saturated rings. The summed E-state index contributed by atoms with van der Waals surface area (Å²) < 4.78 is 5.87. The van der Waals surface area contributed by atoms with Crippen molar-refractivity contribution in [2.75, 3.05) is 37.7 Å². The van der Waals surface area contributed by atoms with Crippen LogP contribution in [0.1, 0.15) is 41.8 Å². The highest BCUT2D eigenvalue weighted by Gasteiger charge is 2.26. The minimum absolute atomic E-state index is 0.0311. The van der Waals surface area contributed by atoms with Crippen LogP contribution in [0.2, 0.25) is 0 Å². The largest absolute Gasteiger partial charge is 0.484 e. The van der Waals surface area contributed by atoms with Crippen molar-refractivity contribution in [2.24, 2.45) is 0 Å². The number of pyridine rings is 1. The van der Waals surface area contributed by atoms with Gasteiger partial charge in [-0.2, -0.15) is 0 Å². The lowest BCUT2D eigenvalue weighted by Crippen LogP contribution is -2.41. The molecule has 2 heterocycles. The van der Waals surface area contributed by atoms with Crippen LogP contribution in [0.3, 0.4) is 0 Å². The van der Waals surface area contributed by atoms with Gasteiger partial charge in [0.1, 0.15) is 5.75 Å². The van der Waals surface area contributed by atoms with E-state index in [0.29, 0.717) is 37.0 Å². The van der Waals surface area contributed by atoms with Crippen LogP contribution in [0.25, 0.3) is 10.9 Å². The summed E-state index contributed by atoms with van der Waals surface area (Å²) in [6, 6.07) is 25.3. The van der Waals surface area contributed by atoms with Crippen LogP contribution in [-0.4, -0.2) is 65.4 Å². The SMILES string of the molecule is Cc1cccc2c1N(C(=O)COc1ccccc1)CCCN(C(C)C)CCN(C(=O)c1ccc3ncccc3c1)C2. The molecule has 3 aromatic carbocycles. The highest BCUT2D eigenvalue weighted by Crippen LogP contribution is 2.29. The van der Waals surface area contributed by atoms with Crippen LogP contribution in [0.5, 0.6) is 5.75 Å². The molecule has 5 rings (SSSR count). The van der Waals surface area contributed by atoms with Crippen molar-refractivity contribution < 1.29 is 14.3 Å². The molecule has 0 bridgehead atoms. The first-order chi connectivity index (χ1) is 19.9. The Labute approximate surface area is 242 Å². The van der Waals surface area contributed by atoms with Gasteiger partial charge in [0.05, 0.1) is 11.2 Å². The number of anilines is 1. The van der Waals surface area contributed by atoms with Gasteiger partial charge in [-0.3, -0.25) is 19.5 Å². The van der Waals surface area contributed by atoms with Crippen molar-refractivity contribution in [1.82, 2.24) is 14.8 Å². The average molecular weight is 551 g/mol. The molecular weight excluding hydrogens is 512 g/mol. The molecule has 0 aliphatic carbocycles. The van der Waals surface area contributed by atoms with Crippen molar-refractivity contribution >= 4 is 28.4 Å². The second kappa shape index (κ2) is 13.0. The molecule has 0 unspecified atom stereocenters. The van der Waals surface area contributed by atoms with Crippen molar-refractivity contribution in [2.45, 2.75) is 39.8 Å². The van der Waals surface area contributed by atoms with Crippen LogP contribution in [-0.2, 0) is 11.3 Å². The third-order valence-electron chi connectivity index (χ3n) is 7.71. The smallest absolute Gasteiger partial charge is 0.264 e. The van der Waals surface area contributed by atoms with E-state index in [4.69, 9.17) is 4.74 Å². The number of carbonyl (C=O) groups is 2. The number of aromatic nitrogens is 1. The molecule has 0 saturated carbocycles. The minimum Gasteiger partial charge on any atom is -0.484 e. The summed E-state index contributed by atoms with van der Waals surface area (Å²) in [5.74, 6) is 0.535. The zero-order valence-electron chi connectivity index (χ0n) is 24.1. The Bertz CT molecular complexity index is 1500. The second-order valence-corrected chi connectivity index (χ2v) is 10.9. The molecule has 1 aliphatic rings. The number of hydrogen-bond acceptors (Lipinski definition) is 5. The maximum Gasteiger partial charge on any atom is 0.264 e. The minimum atomic E-state index is -0.0975. The Morgan fingerprint density at radius 1 is 0.902 bits per heavy atom. The molecule has 2 amide bonds. The molecule has 0 spiro atoms. The van der Waals surface area contributed by atoms with Crippen LogP contribution >= 0.6 is 0 Å². The van der Waals surface area contributed by atoms with Gasteiger partial charge in [0.2, 0.25) is 0 Å². The van der Waals surface area contributed by atoms with E-state index >= 15 is 0 Å². The summed E-state index contributed by atoms with van der Waals surface area (Å²) in [5.41, 5.74) is 4.31. The van der Waals surface area contributed by atoms with E-state index in [0.717, 1.165) is 47.2 Å². The number of fused-ring (bicyclic) bond motifs is 2. The summed E-state index contributed by atoms with van der Waals surface area (Å²) in [4.78, 5) is 38.3. The first-order valence-electron chi connectivity index (χ1n) is 14.4. The first-order valence-corrected chi connectivity index (χ1v) is 14.4. The fraction of sp³-hybridized carbons (Fsp3) is 0.324. The van der Waals surface area contributed by atoms with E-state index in [-0.39, 0.29) is 18.4 Å². The number of benzene rings is 3. The fourth-order valence-electron chi connectivity index (χ4n) is 5.49.